The van der Waals surface area contributed by atoms with Gasteiger partial charge in [-0.05, 0) is 35.2 Å². The first kappa shape index (κ1) is 15.7. The zero-order valence-electron chi connectivity index (χ0n) is 12.5. The molecule has 0 fully saturated rings. The average Bonchev–Trinajstić information content (AvgIpc) is 2.53. The molecule has 0 spiro atoms. The molecule has 0 saturated carbocycles. The Balaban J connectivity index is 2.43. The molecule has 21 heavy (non-hydrogen) atoms. The molecular weight excluding hydrogens is 286 g/mol. The van der Waals surface area contributed by atoms with Crippen LogP contribution in [-0.2, 0) is 6.42 Å². The van der Waals surface area contributed by atoms with E-state index in [4.69, 9.17) is 26.8 Å². The Morgan fingerprint density at radius 1 is 1.10 bits per heavy atom. The number of benzene rings is 2. The first-order chi connectivity index (χ1) is 10.1. The standard InChI is InChI=1S/C17H20ClNO2/c1-4-11-6-5-7-12(8-11)16(19)13-9-14(18)17(21-3)15(10-13)20-2/h5-10,16H,4,19H2,1-3H3. The van der Waals surface area contributed by atoms with E-state index in [2.05, 4.69) is 19.1 Å². The second-order valence-electron chi connectivity index (χ2n) is 4.81. The van der Waals surface area contributed by atoms with Crippen molar-refractivity contribution in [1.29, 1.82) is 0 Å². The van der Waals surface area contributed by atoms with Crippen LogP contribution in [0.25, 0.3) is 0 Å². The highest BCUT2D eigenvalue weighted by molar-refractivity contribution is 6.32. The maximum atomic E-state index is 6.37. The maximum Gasteiger partial charge on any atom is 0.179 e. The lowest BCUT2D eigenvalue weighted by molar-refractivity contribution is 0.354. The Bertz CT molecular complexity index is 628. The van der Waals surface area contributed by atoms with Crippen molar-refractivity contribution in [1.82, 2.24) is 0 Å². The molecule has 0 amide bonds. The number of hydrogen-bond donors (Lipinski definition) is 1. The van der Waals surface area contributed by atoms with Gasteiger partial charge in [0.25, 0.3) is 0 Å². The molecule has 0 aliphatic heterocycles. The van der Waals surface area contributed by atoms with Gasteiger partial charge < -0.3 is 15.2 Å². The van der Waals surface area contributed by atoms with Crippen molar-refractivity contribution < 1.29 is 9.47 Å². The van der Waals surface area contributed by atoms with Crippen LogP contribution in [-0.4, -0.2) is 14.2 Å². The van der Waals surface area contributed by atoms with Crippen LogP contribution in [0.15, 0.2) is 36.4 Å². The van der Waals surface area contributed by atoms with Gasteiger partial charge in [-0.15, -0.1) is 0 Å². The molecule has 0 aliphatic rings. The molecule has 1 unspecified atom stereocenters. The van der Waals surface area contributed by atoms with Crippen LogP contribution >= 0.6 is 11.6 Å². The van der Waals surface area contributed by atoms with Crippen molar-refractivity contribution >= 4 is 11.6 Å². The molecule has 2 rings (SSSR count). The smallest absolute Gasteiger partial charge is 0.179 e. The number of aryl methyl sites for hydroxylation is 1. The van der Waals surface area contributed by atoms with E-state index in [1.165, 1.54) is 5.56 Å². The molecule has 2 aromatic rings. The van der Waals surface area contributed by atoms with E-state index in [1.54, 1.807) is 14.2 Å². The molecule has 0 heterocycles. The van der Waals surface area contributed by atoms with Crippen molar-refractivity contribution in [3.05, 3.63) is 58.1 Å². The van der Waals surface area contributed by atoms with Gasteiger partial charge in [0.2, 0.25) is 0 Å². The van der Waals surface area contributed by atoms with E-state index in [-0.39, 0.29) is 6.04 Å². The molecule has 0 aromatic heterocycles. The lowest BCUT2D eigenvalue weighted by Crippen LogP contribution is -2.12. The summed E-state index contributed by atoms with van der Waals surface area (Å²) < 4.78 is 10.6. The van der Waals surface area contributed by atoms with Crippen LogP contribution in [0, 0.1) is 0 Å². The summed E-state index contributed by atoms with van der Waals surface area (Å²) in [6.07, 6.45) is 0.979. The number of halogens is 1. The second-order valence-corrected chi connectivity index (χ2v) is 5.22. The largest absolute Gasteiger partial charge is 0.493 e. The van der Waals surface area contributed by atoms with Crippen LogP contribution in [0.4, 0.5) is 0 Å². The van der Waals surface area contributed by atoms with E-state index in [1.807, 2.05) is 24.3 Å². The van der Waals surface area contributed by atoms with Gasteiger partial charge in [-0.3, -0.25) is 0 Å². The molecule has 0 radical (unpaired) electrons. The Hall–Kier alpha value is -1.71. The van der Waals surface area contributed by atoms with Crippen molar-refractivity contribution in [3.63, 3.8) is 0 Å². The third-order valence-electron chi connectivity index (χ3n) is 3.53. The fourth-order valence-electron chi connectivity index (χ4n) is 2.32. The van der Waals surface area contributed by atoms with Gasteiger partial charge in [-0.2, -0.15) is 0 Å². The Kier molecular flexibility index (Phi) is 5.10. The fourth-order valence-corrected chi connectivity index (χ4v) is 2.61. The van der Waals surface area contributed by atoms with E-state index >= 15 is 0 Å². The Morgan fingerprint density at radius 3 is 2.48 bits per heavy atom. The predicted molar refractivity (Wildman–Crippen MR) is 86.4 cm³/mol. The summed E-state index contributed by atoms with van der Waals surface area (Å²) in [7, 11) is 3.15. The van der Waals surface area contributed by atoms with Crippen LogP contribution in [0.1, 0.15) is 29.7 Å². The van der Waals surface area contributed by atoms with E-state index < -0.39 is 0 Å². The summed E-state index contributed by atoms with van der Waals surface area (Å²) in [6.45, 7) is 2.12. The number of nitrogens with two attached hydrogens (primary N) is 1. The van der Waals surface area contributed by atoms with Crippen LogP contribution < -0.4 is 15.2 Å². The normalized spacial score (nSPS) is 12.0. The summed E-state index contributed by atoms with van der Waals surface area (Å²) >= 11 is 6.24. The summed E-state index contributed by atoms with van der Waals surface area (Å²) in [5, 5.41) is 0.494. The highest BCUT2D eigenvalue weighted by atomic mass is 35.5. The predicted octanol–water partition coefficient (Wildman–Crippen LogP) is 3.97. The van der Waals surface area contributed by atoms with Gasteiger partial charge in [-0.1, -0.05) is 42.8 Å². The zero-order valence-corrected chi connectivity index (χ0v) is 13.3. The molecule has 2 N–H and O–H groups in total. The second kappa shape index (κ2) is 6.83. The van der Waals surface area contributed by atoms with Gasteiger partial charge in [0.15, 0.2) is 11.5 Å². The highest BCUT2D eigenvalue weighted by Crippen LogP contribution is 2.38. The topological polar surface area (TPSA) is 44.5 Å². The molecule has 3 nitrogen and oxygen atoms in total. The first-order valence-corrected chi connectivity index (χ1v) is 7.24. The van der Waals surface area contributed by atoms with E-state index in [0.717, 1.165) is 17.5 Å². The minimum atomic E-state index is -0.256. The van der Waals surface area contributed by atoms with E-state index in [9.17, 15) is 0 Å². The van der Waals surface area contributed by atoms with Gasteiger partial charge >= 0.3 is 0 Å². The molecule has 4 heteroatoms. The molecule has 112 valence electrons. The Labute approximate surface area is 130 Å². The average molecular weight is 306 g/mol. The summed E-state index contributed by atoms with van der Waals surface area (Å²) in [4.78, 5) is 0. The van der Waals surface area contributed by atoms with Crippen molar-refractivity contribution in [2.24, 2.45) is 5.73 Å². The SMILES string of the molecule is CCc1cccc(C(N)c2cc(Cl)c(OC)c(OC)c2)c1. The molecule has 2 aromatic carbocycles. The number of methoxy groups -OCH3 is 2. The number of ether oxygens (including phenoxy) is 2. The van der Waals surface area contributed by atoms with Crippen LogP contribution in [0.3, 0.4) is 0 Å². The number of hydrogen-bond acceptors (Lipinski definition) is 3. The third-order valence-corrected chi connectivity index (χ3v) is 3.81. The lowest BCUT2D eigenvalue weighted by Gasteiger charge is -2.17. The molecule has 0 saturated heterocycles. The fraction of sp³-hybridized carbons (Fsp3) is 0.294. The molecule has 0 aliphatic carbocycles. The van der Waals surface area contributed by atoms with Crippen molar-refractivity contribution in [3.8, 4) is 11.5 Å². The van der Waals surface area contributed by atoms with Crippen LogP contribution in [0.2, 0.25) is 5.02 Å². The van der Waals surface area contributed by atoms with Crippen molar-refractivity contribution in [2.45, 2.75) is 19.4 Å². The van der Waals surface area contributed by atoms with Crippen molar-refractivity contribution in [2.75, 3.05) is 14.2 Å². The highest BCUT2D eigenvalue weighted by Gasteiger charge is 2.16. The Morgan fingerprint density at radius 2 is 1.86 bits per heavy atom. The quantitative estimate of drug-likeness (QED) is 0.909. The van der Waals surface area contributed by atoms with Gasteiger partial charge in [-0.25, -0.2) is 0 Å². The first-order valence-electron chi connectivity index (χ1n) is 6.86. The summed E-state index contributed by atoms with van der Waals surface area (Å²) in [5.74, 6) is 1.11. The summed E-state index contributed by atoms with van der Waals surface area (Å²) in [5.41, 5.74) is 9.58. The third kappa shape index (κ3) is 3.31. The maximum absolute atomic E-state index is 6.37. The monoisotopic (exact) mass is 305 g/mol. The van der Waals surface area contributed by atoms with Gasteiger partial charge in [0.05, 0.1) is 25.3 Å². The molecular formula is C17H20ClNO2. The molecule has 1 atom stereocenters. The van der Waals surface area contributed by atoms with Gasteiger partial charge in [0, 0.05) is 0 Å². The van der Waals surface area contributed by atoms with Gasteiger partial charge in [0.1, 0.15) is 0 Å². The van der Waals surface area contributed by atoms with Crippen LogP contribution in [0.5, 0.6) is 11.5 Å². The zero-order chi connectivity index (χ0) is 15.4. The lowest BCUT2D eigenvalue weighted by atomic mass is 9.97. The minimum Gasteiger partial charge on any atom is -0.493 e. The molecule has 0 bridgehead atoms. The van der Waals surface area contributed by atoms with E-state index in [0.29, 0.717) is 16.5 Å². The number of rotatable bonds is 5. The summed E-state index contributed by atoms with van der Waals surface area (Å²) in [6, 6.07) is 11.7. The minimum absolute atomic E-state index is 0.256.